The first-order valence-corrected chi connectivity index (χ1v) is 16.7. The number of nitrogens with zero attached hydrogens (tertiary/aromatic N) is 3. The highest BCUT2D eigenvalue weighted by atomic mass is 35.5. The maximum atomic E-state index is 13.4. The van der Waals surface area contributed by atoms with Crippen LogP contribution in [-0.4, -0.2) is 91.3 Å². The quantitative estimate of drug-likeness (QED) is 0.227. The number of phenols is 1. The van der Waals surface area contributed by atoms with Crippen molar-refractivity contribution in [1.82, 2.24) is 10.2 Å². The van der Waals surface area contributed by atoms with Gasteiger partial charge in [-0.05, 0) is 73.4 Å². The molecule has 2 fully saturated rings. The monoisotopic (exact) mass is 697 g/mol. The summed E-state index contributed by atoms with van der Waals surface area (Å²) in [6, 6.07) is 15.7. The van der Waals surface area contributed by atoms with Crippen molar-refractivity contribution in [2.24, 2.45) is 5.73 Å². The van der Waals surface area contributed by atoms with Gasteiger partial charge in [0, 0.05) is 30.9 Å². The van der Waals surface area contributed by atoms with Crippen LogP contribution in [-0.2, 0) is 30.3 Å². The van der Waals surface area contributed by atoms with E-state index in [9.17, 15) is 29.1 Å². The molecule has 5 rings (SSSR count). The van der Waals surface area contributed by atoms with Crippen molar-refractivity contribution in [1.29, 1.82) is 0 Å². The third kappa shape index (κ3) is 8.89. The number of thiophene rings is 1. The molecule has 2 atom stereocenters. The Bertz CT molecular complexity index is 1630. The van der Waals surface area contributed by atoms with Crippen LogP contribution in [0.15, 0.2) is 60.7 Å². The number of unbranched alkanes of at least 4 members (excludes halogenated alkanes) is 1. The summed E-state index contributed by atoms with van der Waals surface area (Å²) in [6.45, 7) is 1.13. The number of amides is 5. The number of carbonyl (C=O) groups excluding carboxylic acids is 5. The fourth-order valence-electron chi connectivity index (χ4n) is 5.35. The van der Waals surface area contributed by atoms with Crippen molar-refractivity contribution < 1.29 is 38.6 Å². The normalized spacial score (nSPS) is 16.8. The smallest absolute Gasteiger partial charge is 0.414 e. The molecular formula is C33H36ClN5O8S. The van der Waals surface area contributed by atoms with Crippen LogP contribution in [0.1, 0.15) is 34.5 Å². The number of ether oxygens (including phenoxy) is 2. The number of nitrogens with one attached hydrogen (secondary N) is 1. The molecule has 1 aromatic heterocycles. The molecule has 48 heavy (non-hydrogen) atoms. The van der Waals surface area contributed by atoms with Gasteiger partial charge in [-0.15, -0.1) is 11.3 Å². The van der Waals surface area contributed by atoms with E-state index >= 15 is 0 Å². The van der Waals surface area contributed by atoms with E-state index in [1.807, 2.05) is 0 Å². The van der Waals surface area contributed by atoms with Crippen molar-refractivity contribution in [2.45, 2.75) is 37.8 Å². The van der Waals surface area contributed by atoms with Crippen LogP contribution in [0.4, 0.5) is 16.2 Å². The summed E-state index contributed by atoms with van der Waals surface area (Å²) in [6.07, 6.45) is -0.223. The van der Waals surface area contributed by atoms with E-state index in [1.165, 1.54) is 17.0 Å². The number of morpholine rings is 1. The second-order valence-electron chi connectivity index (χ2n) is 11.4. The van der Waals surface area contributed by atoms with E-state index in [0.717, 1.165) is 21.8 Å². The van der Waals surface area contributed by atoms with Gasteiger partial charge in [0.2, 0.25) is 11.8 Å². The molecule has 254 valence electrons. The molecule has 0 saturated carbocycles. The van der Waals surface area contributed by atoms with Crippen LogP contribution in [0, 0.1) is 0 Å². The second kappa shape index (κ2) is 16.1. The Morgan fingerprint density at radius 1 is 1.02 bits per heavy atom. The van der Waals surface area contributed by atoms with E-state index in [-0.39, 0.29) is 55.1 Å². The molecule has 1 unspecified atom stereocenters. The highest BCUT2D eigenvalue weighted by Gasteiger charge is 2.36. The lowest BCUT2D eigenvalue weighted by Crippen LogP contribution is -2.43. The zero-order valence-electron chi connectivity index (χ0n) is 26.0. The van der Waals surface area contributed by atoms with Gasteiger partial charge in [-0.2, -0.15) is 0 Å². The van der Waals surface area contributed by atoms with Gasteiger partial charge in [0.1, 0.15) is 18.5 Å². The van der Waals surface area contributed by atoms with Crippen LogP contribution in [0.5, 0.6) is 5.75 Å². The number of phenolic OH excluding ortho intramolecular Hbond substituents is 1. The van der Waals surface area contributed by atoms with Crippen molar-refractivity contribution in [3.05, 3.63) is 75.4 Å². The average Bonchev–Trinajstić information content (AvgIpc) is 3.69. The summed E-state index contributed by atoms with van der Waals surface area (Å²) in [5.74, 6) is -1.35. The molecule has 0 bridgehead atoms. The summed E-state index contributed by atoms with van der Waals surface area (Å²) in [5, 5.41) is 12.2. The molecule has 15 heteroatoms. The third-order valence-corrected chi connectivity index (χ3v) is 9.11. The maximum Gasteiger partial charge on any atom is 0.414 e. The van der Waals surface area contributed by atoms with Gasteiger partial charge in [-0.3, -0.25) is 29.0 Å². The van der Waals surface area contributed by atoms with Gasteiger partial charge in [-0.1, -0.05) is 23.7 Å². The molecular weight excluding hydrogens is 662 g/mol. The Balaban J connectivity index is 1.14. The summed E-state index contributed by atoms with van der Waals surface area (Å²) in [7, 11) is 0. The molecule has 2 aromatic carbocycles. The zero-order valence-corrected chi connectivity index (χ0v) is 27.6. The minimum atomic E-state index is -0.782. The van der Waals surface area contributed by atoms with E-state index in [1.54, 1.807) is 53.4 Å². The molecule has 2 saturated heterocycles. The summed E-state index contributed by atoms with van der Waals surface area (Å²) in [4.78, 5) is 68.7. The predicted octanol–water partition coefficient (Wildman–Crippen LogP) is 3.32. The van der Waals surface area contributed by atoms with Crippen LogP contribution in [0.25, 0.3) is 0 Å². The summed E-state index contributed by atoms with van der Waals surface area (Å²) >= 11 is 7.10. The molecule has 2 aliphatic rings. The third-order valence-electron chi connectivity index (χ3n) is 7.89. The first-order chi connectivity index (χ1) is 23.1. The fraction of sp³-hybridized carbons (Fsp3) is 0.364. The Kier molecular flexibility index (Phi) is 11.7. The molecule has 3 aromatic rings. The van der Waals surface area contributed by atoms with E-state index in [4.69, 9.17) is 26.8 Å². The number of carbonyl (C=O) groups is 5. The topological polar surface area (TPSA) is 172 Å². The van der Waals surface area contributed by atoms with E-state index < -0.39 is 30.1 Å². The number of anilines is 2. The summed E-state index contributed by atoms with van der Waals surface area (Å²) in [5.41, 5.74) is 8.06. The number of benzene rings is 2. The van der Waals surface area contributed by atoms with Crippen molar-refractivity contribution in [2.75, 3.05) is 49.2 Å². The number of nitrogens with two attached hydrogens (primary N) is 1. The molecule has 5 amide bonds. The molecule has 3 heterocycles. The first kappa shape index (κ1) is 34.8. The molecule has 0 radical (unpaired) electrons. The van der Waals surface area contributed by atoms with Crippen molar-refractivity contribution in [3.8, 4) is 5.75 Å². The Hall–Kier alpha value is -4.50. The predicted molar refractivity (Wildman–Crippen MR) is 179 cm³/mol. The molecule has 0 spiro atoms. The lowest BCUT2D eigenvalue weighted by atomic mass is 10.1. The molecule has 4 N–H and O–H groups in total. The fourth-order valence-corrected chi connectivity index (χ4v) is 6.34. The minimum Gasteiger partial charge on any atom is -0.508 e. The maximum absolute atomic E-state index is 13.4. The first-order valence-electron chi connectivity index (χ1n) is 15.5. The number of hydrogen-bond acceptors (Lipinski definition) is 10. The number of cyclic esters (lactones) is 1. The van der Waals surface area contributed by atoms with Crippen molar-refractivity contribution >= 4 is 64.0 Å². The average molecular weight is 698 g/mol. The lowest BCUT2D eigenvalue weighted by Gasteiger charge is -2.27. The highest BCUT2D eigenvalue weighted by Crippen LogP contribution is 2.28. The van der Waals surface area contributed by atoms with Gasteiger partial charge >= 0.3 is 6.09 Å². The Morgan fingerprint density at radius 2 is 1.73 bits per heavy atom. The lowest BCUT2D eigenvalue weighted by molar-refractivity contribution is -0.129. The molecule has 2 aliphatic heterocycles. The SMILES string of the molecule is NC(Cc1ccc(O)cc1)C(=O)NCCCCC(=O)N(C[C@H]1CN(c2ccc(N3CCOCC3=O)cc2)C(=O)O1)C(=O)c1ccc(Cl)s1. The van der Waals surface area contributed by atoms with Gasteiger partial charge < -0.3 is 30.5 Å². The van der Waals surface area contributed by atoms with Gasteiger partial charge in [0.05, 0.1) is 35.0 Å². The number of rotatable bonds is 13. The second-order valence-corrected chi connectivity index (χ2v) is 13.1. The van der Waals surface area contributed by atoms with Crippen LogP contribution < -0.4 is 20.9 Å². The van der Waals surface area contributed by atoms with Gasteiger partial charge in [0.15, 0.2) is 0 Å². The van der Waals surface area contributed by atoms with Crippen LogP contribution in [0.3, 0.4) is 0 Å². The standard InChI is InChI=1S/C33H36ClN5O8S/c34-28-13-12-27(48-28)32(44)39(29(41)3-1-2-14-36-31(43)26(35)17-21-4-10-24(40)11-5-21)19-25-18-38(33(45)47-25)23-8-6-22(7-9-23)37-15-16-46-20-30(37)42/h4-13,25-26,40H,1-3,14-20,35H2,(H,36,43)/t25-,26?/m1/s1. The number of hydrogen-bond donors (Lipinski definition) is 3. The van der Waals surface area contributed by atoms with E-state index in [2.05, 4.69) is 5.32 Å². The zero-order chi connectivity index (χ0) is 34.2. The molecule has 13 nitrogen and oxygen atoms in total. The summed E-state index contributed by atoms with van der Waals surface area (Å²) < 4.78 is 11.1. The van der Waals surface area contributed by atoms with Crippen molar-refractivity contribution in [3.63, 3.8) is 0 Å². The van der Waals surface area contributed by atoms with E-state index in [0.29, 0.717) is 48.1 Å². The number of aromatic hydroxyl groups is 1. The Labute approximate surface area is 286 Å². The minimum absolute atomic E-state index is 0.0157. The Morgan fingerprint density at radius 3 is 2.40 bits per heavy atom. The van der Waals surface area contributed by atoms with Crippen LogP contribution in [0.2, 0.25) is 4.34 Å². The van der Waals surface area contributed by atoms with Crippen LogP contribution >= 0.6 is 22.9 Å². The number of imide groups is 1. The van der Waals surface area contributed by atoms with Gasteiger partial charge in [0.25, 0.3) is 11.8 Å². The largest absolute Gasteiger partial charge is 0.508 e. The van der Waals surface area contributed by atoms with Gasteiger partial charge in [-0.25, -0.2) is 4.79 Å². The molecule has 0 aliphatic carbocycles. The number of halogens is 1. The highest BCUT2D eigenvalue weighted by molar-refractivity contribution is 7.18.